The van der Waals surface area contributed by atoms with E-state index in [0.29, 0.717) is 32.6 Å². The molecule has 0 spiro atoms. The van der Waals surface area contributed by atoms with Crippen molar-refractivity contribution in [3.63, 3.8) is 0 Å². The van der Waals surface area contributed by atoms with E-state index < -0.39 is 23.3 Å². The molecule has 7 nitrogen and oxygen atoms in total. The van der Waals surface area contributed by atoms with Crippen molar-refractivity contribution >= 4 is 17.8 Å². The van der Waals surface area contributed by atoms with Gasteiger partial charge < -0.3 is 4.74 Å². The van der Waals surface area contributed by atoms with E-state index in [9.17, 15) is 14.4 Å². The molecule has 0 radical (unpaired) electrons. The zero-order valence-electron chi connectivity index (χ0n) is 14.6. The van der Waals surface area contributed by atoms with Gasteiger partial charge in [-0.1, -0.05) is 39.0 Å². The lowest BCUT2D eigenvalue weighted by Gasteiger charge is -2.36. The van der Waals surface area contributed by atoms with Gasteiger partial charge in [-0.3, -0.25) is 25.1 Å². The molecule has 2 heterocycles. The molecule has 2 fully saturated rings. The number of urea groups is 1. The van der Waals surface area contributed by atoms with Crippen molar-refractivity contribution in [3.05, 3.63) is 0 Å². The van der Waals surface area contributed by atoms with Crippen LogP contribution in [-0.4, -0.2) is 55.6 Å². The number of nitrogens with one attached hydrogen (secondary N) is 2. The number of carbonyl (C=O) groups excluding carboxylic acids is 3. The maximum atomic E-state index is 12.5. The molecule has 2 saturated heterocycles. The Balaban J connectivity index is 1.98. The van der Waals surface area contributed by atoms with Gasteiger partial charge >= 0.3 is 6.03 Å². The monoisotopic (exact) mass is 339 g/mol. The van der Waals surface area contributed by atoms with Gasteiger partial charge in [0.2, 0.25) is 11.8 Å². The van der Waals surface area contributed by atoms with E-state index in [1.54, 1.807) is 0 Å². The average Bonchev–Trinajstić information content (AvgIpc) is 2.57. The fourth-order valence-corrected chi connectivity index (χ4v) is 3.36. The summed E-state index contributed by atoms with van der Waals surface area (Å²) in [6.45, 7) is 5.80. The van der Waals surface area contributed by atoms with Crippen LogP contribution in [0.5, 0.6) is 0 Å². The number of carbonyl (C=O) groups is 3. The normalized spacial score (nSPS) is 21.5. The standard InChI is InChI=1S/C17H29N3O4/c1-2-3-4-5-6-7-17(8-9-20-10-12-24-13-11-20)14(21)18-16(23)19-15(17)22/h2-13H2,1H3,(H2,18,19,21,22,23). The third-order valence-electron chi connectivity index (χ3n) is 4.99. The number of barbiturate groups is 1. The van der Waals surface area contributed by atoms with Gasteiger partial charge in [0, 0.05) is 13.1 Å². The van der Waals surface area contributed by atoms with E-state index in [-0.39, 0.29) is 0 Å². The lowest BCUT2D eigenvalue weighted by molar-refractivity contribution is -0.146. The van der Waals surface area contributed by atoms with Gasteiger partial charge in [-0.15, -0.1) is 0 Å². The first-order chi connectivity index (χ1) is 11.6. The highest BCUT2D eigenvalue weighted by Gasteiger charge is 2.49. The lowest BCUT2D eigenvalue weighted by Crippen LogP contribution is -2.63. The molecule has 0 bridgehead atoms. The van der Waals surface area contributed by atoms with Gasteiger partial charge in [0.1, 0.15) is 5.41 Å². The first kappa shape index (κ1) is 18.9. The van der Waals surface area contributed by atoms with Crippen molar-refractivity contribution in [2.45, 2.75) is 51.9 Å². The first-order valence-corrected chi connectivity index (χ1v) is 9.05. The number of hydrogen-bond acceptors (Lipinski definition) is 5. The summed E-state index contributed by atoms with van der Waals surface area (Å²) in [5.74, 6) is -0.889. The highest BCUT2D eigenvalue weighted by molar-refractivity contribution is 6.19. The zero-order valence-corrected chi connectivity index (χ0v) is 14.6. The summed E-state index contributed by atoms with van der Waals surface area (Å²) in [7, 11) is 0. The van der Waals surface area contributed by atoms with Crippen LogP contribution in [0.4, 0.5) is 4.79 Å². The molecule has 0 saturated carbocycles. The summed E-state index contributed by atoms with van der Waals surface area (Å²) in [4.78, 5) is 38.6. The Hall–Kier alpha value is -1.47. The molecule has 24 heavy (non-hydrogen) atoms. The first-order valence-electron chi connectivity index (χ1n) is 9.05. The summed E-state index contributed by atoms with van der Waals surface area (Å²) >= 11 is 0. The van der Waals surface area contributed by atoms with E-state index in [4.69, 9.17) is 4.74 Å². The number of ether oxygens (including phenoxy) is 1. The molecular formula is C17H29N3O4. The second-order valence-corrected chi connectivity index (χ2v) is 6.69. The Morgan fingerprint density at radius 2 is 1.58 bits per heavy atom. The molecule has 2 aliphatic rings. The summed E-state index contributed by atoms with van der Waals surface area (Å²) < 4.78 is 5.33. The van der Waals surface area contributed by atoms with Crippen molar-refractivity contribution in [2.75, 3.05) is 32.8 Å². The van der Waals surface area contributed by atoms with Gasteiger partial charge in [0.05, 0.1) is 13.2 Å². The van der Waals surface area contributed by atoms with E-state index in [1.807, 2.05) is 0 Å². The zero-order chi connectivity index (χ0) is 17.4. The van der Waals surface area contributed by atoms with Gasteiger partial charge in [-0.2, -0.15) is 0 Å². The van der Waals surface area contributed by atoms with E-state index in [1.165, 1.54) is 0 Å². The van der Waals surface area contributed by atoms with Gasteiger partial charge in [0.15, 0.2) is 0 Å². The average molecular weight is 339 g/mol. The molecule has 0 aromatic carbocycles. The largest absolute Gasteiger partial charge is 0.379 e. The Labute approximate surface area is 143 Å². The van der Waals surface area contributed by atoms with Crippen molar-refractivity contribution in [1.82, 2.24) is 15.5 Å². The van der Waals surface area contributed by atoms with E-state index in [2.05, 4.69) is 22.5 Å². The Morgan fingerprint density at radius 1 is 0.958 bits per heavy atom. The van der Waals surface area contributed by atoms with Crippen LogP contribution >= 0.6 is 0 Å². The third-order valence-corrected chi connectivity index (χ3v) is 4.99. The minimum absolute atomic E-state index is 0.436. The molecule has 0 aromatic heterocycles. The number of imide groups is 2. The Morgan fingerprint density at radius 3 is 2.21 bits per heavy atom. The lowest BCUT2D eigenvalue weighted by atomic mass is 9.76. The van der Waals surface area contributed by atoms with Gasteiger partial charge in [0.25, 0.3) is 0 Å². The van der Waals surface area contributed by atoms with Crippen LogP contribution < -0.4 is 10.6 Å². The fourth-order valence-electron chi connectivity index (χ4n) is 3.36. The number of morpholine rings is 1. The quantitative estimate of drug-likeness (QED) is 0.490. The minimum atomic E-state index is -1.13. The summed E-state index contributed by atoms with van der Waals surface area (Å²) in [6.07, 6.45) is 6.17. The predicted octanol–water partition coefficient (Wildman–Crippen LogP) is 1.42. The van der Waals surface area contributed by atoms with Crippen LogP contribution in [0, 0.1) is 5.41 Å². The predicted molar refractivity (Wildman–Crippen MR) is 89.4 cm³/mol. The minimum Gasteiger partial charge on any atom is -0.379 e. The highest BCUT2D eigenvalue weighted by atomic mass is 16.5. The van der Waals surface area contributed by atoms with Crippen molar-refractivity contribution in [3.8, 4) is 0 Å². The van der Waals surface area contributed by atoms with E-state index in [0.717, 1.165) is 45.2 Å². The molecule has 2 N–H and O–H groups in total. The summed E-state index contributed by atoms with van der Waals surface area (Å²) in [6, 6.07) is -0.710. The van der Waals surface area contributed by atoms with Gasteiger partial charge in [-0.05, 0) is 19.4 Å². The van der Waals surface area contributed by atoms with E-state index >= 15 is 0 Å². The molecule has 136 valence electrons. The van der Waals surface area contributed by atoms with Gasteiger partial charge in [-0.25, -0.2) is 4.79 Å². The van der Waals surface area contributed by atoms with Crippen LogP contribution in [0.25, 0.3) is 0 Å². The van der Waals surface area contributed by atoms with Crippen LogP contribution in [0.3, 0.4) is 0 Å². The molecule has 4 amide bonds. The molecular weight excluding hydrogens is 310 g/mol. The SMILES string of the molecule is CCCCCCCC1(CCN2CCOCC2)C(=O)NC(=O)NC1=O. The topological polar surface area (TPSA) is 87.7 Å². The molecule has 0 aromatic rings. The molecule has 2 aliphatic heterocycles. The maximum Gasteiger partial charge on any atom is 0.328 e. The smallest absolute Gasteiger partial charge is 0.328 e. The number of nitrogens with zero attached hydrogens (tertiary/aromatic N) is 1. The molecule has 2 rings (SSSR count). The summed E-state index contributed by atoms with van der Waals surface area (Å²) in [5, 5.41) is 4.57. The molecule has 0 atom stereocenters. The number of rotatable bonds is 9. The second kappa shape index (κ2) is 9.13. The highest BCUT2D eigenvalue weighted by Crippen LogP contribution is 2.32. The number of amides is 4. The summed E-state index contributed by atoms with van der Waals surface area (Å²) in [5.41, 5.74) is -1.13. The maximum absolute atomic E-state index is 12.5. The molecule has 0 aliphatic carbocycles. The van der Waals surface area contributed by atoms with Crippen LogP contribution in [0.15, 0.2) is 0 Å². The van der Waals surface area contributed by atoms with Crippen molar-refractivity contribution in [2.24, 2.45) is 5.41 Å². The second-order valence-electron chi connectivity index (χ2n) is 6.69. The van der Waals surface area contributed by atoms with Crippen LogP contribution in [0.1, 0.15) is 51.9 Å². The Bertz CT molecular complexity index is 441. The van der Waals surface area contributed by atoms with Crippen molar-refractivity contribution in [1.29, 1.82) is 0 Å². The fraction of sp³-hybridized carbons (Fsp3) is 0.824. The van der Waals surface area contributed by atoms with Crippen LogP contribution in [-0.2, 0) is 14.3 Å². The van der Waals surface area contributed by atoms with Crippen molar-refractivity contribution < 1.29 is 19.1 Å². The molecule has 0 unspecified atom stereocenters. The number of unbranched alkanes of at least 4 members (excludes halogenated alkanes) is 4. The molecule has 7 heteroatoms. The number of hydrogen-bond donors (Lipinski definition) is 2. The third kappa shape index (κ3) is 4.77. The van der Waals surface area contributed by atoms with Crippen LogP contribution in [0.2, 0.25) is 0 Å². The Kier molecular flexibility index (Phi) is 7.17.